The minimum absolute atomic E-state index is 0.0570. The highest BCUT2D eigenvalue weighted by Gasteiger charge is 2.20. The fourth-order valence-electron chi connectivity index (χ4n) is 3.72. The molecular weight excluding hydrogens is 329 g/mol. The minimum atomic E-state index is -0.250. The van der Waals surface area contributed by atoms with Crippen LogP contribution in [0.15, 0.2) is 48.8 Å². The summed E-state index contributed by atoms with van der Waals surface area (Å²) < 4.78 is 15.1. The number of benzene rings is 1. The molecule has 0 unspecified atom stereocenters. The summed E-state index contributed by atoms with van der Waals surface area (Å²) in [4.78, 5) is 17.3. The van der Waals surface area contributed by atoms with Crippen molar-refractivity contribution in [1.29, 1.82) is 0 Å². The number of halogens is 1. The smallest absolute Gasteiger partial charge is 0.255 e. The van der Waals surface area contributed by atoms with Gasteiger partial charge in [-0.05, 0) is 42.7 Å². The normalized spacial score (nSPS) is 15.3. The average Bonchev–Trinajstić information content (AvgIpc) is 3.03. The first-order valence-electron chi connectivity index (χ1n) is 9.20. The summed E-state index contributed by atoms with van der Waals surface area (Å²) in [5.74, 6) is -0.307. The second-order valence-corrected chi connectivity index (χ2v) is 6.98. The Balaban J connectivity index is 1.62. The number of pyridine rings is 1. The van der Waals surface area contributed by atoms with E-state index in [2.05, 4.69) is 10.3 Å². The van der Waals surface area contributed by atoms with E-state index in [1.165, 1.54) is 31.4 Å². The van der Waals surface area contributed by atoms with Crippen molar-refractivity contribution in [2.45, 2.75) is 44.7 Å². The number of nitrogens with zero attached hydrogens (tertiary/aromatic N) is 2. The molecule has 3 aromatic rings. The lowest BCUT2D eigenvalue weighted by Crippen LogP contribution is -2.36. The Labute approximate surface area is 152 Å². The molecule has 2 aromatic heterocycles. The van der Waals surface area contributed by atoms with Crippen LogP contribution in [0.25, 0.3) is 11.0 Å². The van der Waals surface area contributed by atoms with Gasteiger partial charge in [0.05, 0.1) is 11.1 Å². The molecule has 1 aliphatic rings. The van der Waals surface area contributed by atoms with E-state index in [9.17, 15) is 9.18 Å². The number of hydrogen-bond acceptors (Lipinski definition) is 2. The van der Waals surface area contributed by atoms with E-state index >= 15 is 0 Å². The fourth-order valence-corrected chi connectivity index (χ4v) is 3.72. The number of aromatic nitrogens is 2. The first-order valence-corrected chi connectivity index (χ1v) is 9.20. The van der Waals surface area contributed by atoms with Gasteiger partial charge < -0.3 is 9.88 Å². The van der Waals surface area contributed by atoms with Crippen molar-refractivity contribution in [2.75, 3.05) is 0 Å². The van der Waals surface area contributed by atoms with Crippen LogP contribution in [0, 0.1) is 5.82 Å². The average molecular weight is 351 g/mol. The summed E-state index contributed by atoms with van der Waals surface area (Å²) >= 11 is 0. The van der Waals surface area contributed by atoms with Gasteiger partial charge in [-0.3, -0.25) is 9.78 Å². The van der Waals surface area contributed by atoms with Gasteiger partial charge in [0.25, 0.3) is 5.91 Å². The number of rotatable bonds is 4. The third-order valence-electron chi connectivity index (χ3n) is 5.09. The van der Waals surface area contributed by atoms with Gasteiger partial charge >= 0.3 is 0 Å². The molecule has 0 spiro atoms. The number of hydrogen-bond donors (Lipinski definition) is 1. The van der Waals surface area contributed by atoms with Gasteiger partial charge in [-0.2, -0.15) is 0 Å². The molecule has 1 amide bonds. The largest absolute Gasteiger partial charge is 0.349 e. The van der Waals surface area contributed by atoms with E-state index in [-0.39, 0.29) is 17.8 Å². The Morgan fingerprint density at radius 2 is 1.92 bits per heavy atom. The molecule has 2 heterocycles. The highest BCUT2D eigenvalue weighted by atomic mass is 19.1. The molecule has 26 heavy (non-hydrogen) atoms. The van der Waals surface area contributed by atoms with Crippen molar-refractivity contribution in [1.82, 2.24) is 14.9 Å². The minimum Gasteiger partial charge on any atom is -0.349 e. The topological polar surface area (TPSA) is 46.9 Å². The van der Waals surface area contributed by atoms with Gasteiger partial charge in [0, 0.05) is 25.0 Å². The van der Waals surface area contributed by atoms with Gasteiger partial charge in [0.1, 0.15) is 11.3 Å². The monoisotopic (exact) mass is 351 g/mol. The summed E-state index contributed by atoms with van der Waals surface area (Å²) in [5, 5.41) is 3.17. The molecule has 1 fully saturated rings. The number of amides is 1. The number of nitrogens with one attached hydrogen (secondary N) is 1. The Morgan fingerprint density at radius 3 is 2.69 bits per heavy atom. The molecule has 4 rings (SSSR count). The van der Waals surface area contributed by atoms with Crippen molar-refractivity contribution in [3.05, 3.63) is 65.7 Å². The van der Waals surface area contributed by atoms with Crippen molar-refractivity contribution >= 4 is 16.9 Å². The molecule has 1 aliphatic carbocycles. The lowest BCUT2D eigenvalue weighted by molar-refractivity contribution is 0.0929. The van der Waals surface area contributed by atoms with Gasteiger partial charge in [0.2, 0.25) is 0 Å². The fraction of sp³-hybridized carbons (Fsp3) is 0.333. The van der Waals surface area contributed by atoms with Crippen molar-refractivity contribution < 1.29 is 9.18 Å². The van der Waals surface area contributed by atoms with Gasteiger partial charge in [0.15, 0.2) is 0 Å². The maximum absolute atomic E-state index is 13.1. The summed E-state index contributed by atoms with van der Waals surface area (Å²) in [6.07, 6.45) is 9.28. The van der Waals surface area contributed by atoms with E-state index in [1.54, 1.807) is 18.3 Å². The van der Waals surface area contributed by atoms with Crippen LogP contribution >= 0.6 is 0 Å². The van der Waals surface area contributed by atoms with Crippen LogP contribution in [0.5, 0.6) is 0 Å². The first kappa shape index (κ1) is 16.8. The van der Waals surface area contributed by atoms with E-state index in [0.29, 0.717) is 17.6 Å². The van der Waals surface area contributed by atoms with Crippen LogP contribution in [0.1, 0.15) is 48.0 Å². The van der Waals surface area contributed by atoms with Crippen LogP contribution in [-0.2, 0) is 6.54 Å². The van der Waals surface area contributed by atoms with Crippen LogP contribution in [0.3, 0.4) is 0 Å². The third-order valence-corrected chi connectivity index (χ3v) is 5.09. The predicted octanol–water partition coefficient (Wildman–Crippen LogP) is 4.29. The van der Waals surface area contributed by atoms with Gasteiger partial charge in [-0.25, -0.2) is 4.39 Å². The predicted molar refractivity (Wildman–Crippen MR) is 99.6 cm³/mol. The Bertz CT molecular complexity index is 911. The van der Waals surface area contributed by atoms with Crippen molar-refractivity contribution in [3.8, 4) is 0 Å². The third kappa shape index (κ3) is 3.47. The zero-order valence-electron chi connectivity index (χ0n) is 14.6. The molecule has 5 heteroatoms. The van der Waals surface area contributed by atoms with Crippen LogP contribution in [0.4, 0.5) is 4.39 Å². The summed E-state index contributed by atoms with van der Waals surface area (Å²) in [5.41, 5.74) is 3.20. The summed E-state index contributed by atoms with van der Waals surface area (Å²) in [6, 6.07) is 10.5. The molecule has 1 N–H and O–H groups in total. The van der Waals surface area contributed by atoms with E-state index in [4.69, 9.17) is 0 Å². The standard InChI is InChI=1S/C21H22FN3O/c22-16-10-8-15(9-11-16)13-25-14-18(20-19(25)7-4-12-23-20)21(26)24-17-5-2-1-3-6-17/h4,7-12,14,17H,1-3,5-6,13H2,(H,24,26). The lowest BCUT2D eigenvalue weighted by atomic mass is 9.95. The highest BCUT2D eigenvalue weighted by molar-refractivity contribution is 6.05. The Hall–Kier alpha value is -2.69. The molecule has 1 aromatic carbocycles. The maximum atomic E-state index is 13.1. The molecular formula is C21H22FN3O. The molecule has 0 saturated heterocycles. The number of carbonyl (C=O) groups excluding carboxylic acids is 1. The zero-order chi connectivity index (χ0) is 17.9. The zero-order valence-corrected chi connectivity index (χ0v) is 14.6. The SMILES string of the molecule is O=C(NC1CCCCC1)c1cn(Cc2ccc(F)cc2)c2cccnc12. The second kappa shape index (κ2) is 7.28. The van der Waals surface area contributed by atoms with Crippen molar-refractivity contribution in [2.24, 2.45) is 0 Å². The van der Waals surface area contributed by atoms with Crippen LogP contribution < -0.4 is 5.32 Å². The van der Waals surface area contributed by atoms with E-state index in [1.807, 2.05) is 22.9 Å². The molecule has 134 valence electrons. The van der Waals surface area contributed by atoms with Crippen LogP contribution in [-0.4, -0.2) is 21.5 Å². The quantitative estimate of drug-likeness (QED) is 0.762. The van der Waals surface area contributed by atoms with Crippen LogP contribution in [0.2, 0.25) is 0 Å². The van der Waals surface area contributed by atoms with E-state index < -0.39 is 0 Å². The number of carbonyl (C=O) groups is 1. The molecule has 4 nitrogen and oxygen atoms in total. The number of fused-ring (bicyclic) bond motifs is 1. The summed E-state index contributed by atoms with van der Waals surface area (Å²) in [6.45, 7) is 0.569. The molecule has 1 saturated carbocycles. The van der Waals surface area contributed by atoms with Gasteiger partial charge in [-0.1, -0.05) is 31.4 Å². The molecule has 0 aliphatic heterocycles. The second-order valence-electron chi connectivity index (χ2n) is 6.98. The lowest BCUT2D eigenvalue weighted by Gasteiger charge is -2.22. The molecule has 0 atom stereocenters. The Morgan fingerprint density at radius 1 is 1.15 bits per heavy atom. The molecule has 0 bridgehead atoms. The molecule has 0 radical (unpaired) electrons. The first-order chi connectivity index (χ1) is 12.7. The van der Waals surface area contributed by atoms with E-state index in [0.717, 1.165) is 23.9 Å². The maximum Gasteiger partial charge on any atom is 0.255 e. The Kier molecular flexibility index (Phi) is 4.69. The van der Waals surface area contributed by atoms with Gasteiger partial charge in [-0.15, -0.1) is 0 Å². The highest BCUT2D eigenvalue weighted by Crippen LogP contribution is 2.22. The van der Waals surface area contributed by atoms with Crippen molar-refractivity contribution in [3.63, 3.8) is 0 Å². The summed E-state index contributed by atoms with van der Waals surface area (Å²) in [7, 11) is 0.